The highest BCUT2D eigenvalue weighted by Gasteiger charge is 2.54. The summed E-state index contributed by atoms with van der Waals surface area (Å²) >= 11 is 0. The number of nitrogens with zero attached hydrogens (tertiary/aromatic N) is 9. The van der Waals surface area contributed by atoms with Crippen molar-refractivity contribution in [2.75, 3.05) is 33.0 Å². The molecular weight excluding hydrogens is 1090 g/mol. The van der Waals surface area contributed by atoms with Gasteiger partial charge in [-0.15, -0.1) is 0 Å². The Labute approximate surface area is 460 Å². The van der Waals surface area contributed by atoms with Crippen LogP contribution < -0.4 is 11.5 Å². The number of benzene rings is 2. The number of sulfonamides is 2. The van der Waals surface area contributed by atoms with Crippen LogP contribution in [0.15, 0.2) is 158 Å². The fraction of sp³-hybridized carbons (Fsp3) is 0.364. The number of hydrogen-bond acceptors (Lipinski definition) is 14. The predicted octanol–water partition coefficient (Wildman–Crippen LogP) is 7.99. The van der Waals surface area contributed by atoms with Gasteiger partial charge in [0.05, 0.1) is 52.6 Å². The highest BCUT2D eigenvalue weighted by molar-refractivity contribution is 7.89. The van der Waals surface area contributed by atoms with Crippen LogP contribution in [0.25, 0.3) is 0 Å². The minimum absolute atomic E-state index is 0.0173. The standard InChI is InChI=1S/C29H29F3N6O3S.C26H31F2N5O4S/c1-37-18-25(17-35-37)42(40,41)38(11-9-30)24-7-2-20-12-26(36-23-5-3-21(31)4-6-23)19(16-33)14-29(20,15-24)28(39)27-13-22(32)8-10-34-27;1-3-37-25(34)26-13-18(15-29)24(31-21-7-5-20(28)6-8-21)12-19(26)4-9-22(14-26)33(11-10-27)38(35,36)23-16-30-32(2)17-23/h3-6,8,10,12-13,16-18,24H,2,7,9,11,14-15,33H2,1H3;5-8,12,15-17,22H,3-4,9-11,13-14,29H2,1-2H3/t24-,29-;22-,26-/m00/s1. The number of ketones is 1. The zero-order valence-corrected chi connectivity index (χ0v) is 45.7. The Bertz CT molecular complexity index is 3550. The molecule has 0 radical (unpaired) electrons. The molecule has 4 aliphatic carbocycles. The molecule has 0 amide bonds. The number of esters is 1. The van der Waals surface area contributed by atoms with Crippen LogP contribution in [0.5, 0.6) is 0 Å². The number of carbonyl (C=O) groups is 2. The van der Waals surface area contributed by atoms with Crippen molar-refractivity contribution >= 4 is 54.6 Å². The zero-order valence-electron chi connectivity index (χ0n) is 44.1. The second-order valence-electron chi connectivity index (χ2n) is 19.7. The van der Waals surface area contributed by atoms with E-state index in [0.717, 1.165) is 26.3 Å². The molecule has 9 rings (SSSR count). The van der Waals surface area contributed by atoms with Gasteiger partial charge in [0.1, 0.15) is 46.3 Å². The molecule has 0 unspecified atom stereocenters. The van der Waals surface area contributed by atoms with Gasteiger partial charge in [-0.05, 0) is 149 Å². The Balaban J connectivity index is 0.000000211. The normalized spacial score (nSPS) is 23.3. The van der Waals surface area contributed by atoms with Crippen LogP contribution in [0, 0.1) is 28.3 Å². The predicted molar refractivity (Wildman–Crippen MR) is 288 cm³/mol. The summed E-state index contributed by atoms with van der Waals surface area (Å²) < 4.78 is 133. The number of aryl methyl sites for hydroxylation is 2. The number of Topliss-reactive ketones (excluding diaryl/α,β-unsaturated/α-hetero) is 1. The number of nitrogens with two attached hydrogens (primary N) is 2. The van der Waals surface area contributed by atoms with E-state index in [1.807, 2.05) is 0 Å². The van der Waals surface area contributed by atoms with Crippen molar-refractivity contribution in [3.05, 3.63) is 162 Å². The molecule has 3 aromatic heterocycles. The van der Waals surface area contributed by atoms with Gasteiger partial charge < -0.3 is 16.2 Å². The lowest BCUT2D eigenvalue weighted by atomic mass is 9.59. The Morgan fingerprint density at radius 1 is 0.713 bits per heavy atom. The Kier molecular flexibility index (Phi) is 18.0. The number of aromatic nitrogens is 5. The first-order valence-corrected chi connectivity index (χ1v) is 28.5. The molecule has 4 aliphatic rings. The van der Waals surface area contributed by atoms with Gasteiger partial charge in [0.25, 0.3) is 0 Å². The van der Waals surface area contributed by atoms with Gasteiger partial charge in [-0.2, -0.15) is 18.8 Å². The first kappa shape index (κ1) is 58.7. The van der Waals surface area contributed by atoms with Crippen LogP contribution in [-0.2, 0) is 43.7 Å². The summed E-state index contributed by atoms with van der Waals surface area (Å²) in [7, 11) is -5.07. The highest BCUT2D eigenvalue weighted by Crippen LogP contribution is 2.53. The summed E-state index contributed by atoms with van der Waals surface area (Å²) in [6.07, 6.45) is 14.1. The van der Waals surface area contributed by atoms with E-state index in [2.05, 4.69) is 25.2 Å². The quantitative estimate of drug-likeness (QED) is 0.0543. The molecule has 0 bridgehead atoms. The van der Waals surface area contributed by atoms with Crippen molar-refractivity contribution in [3.8, 4) is 0 Å². The van der Waals surface area contributed by atoms with Gasteiger partial charge in [0, 0.05) is 63.9 Å². The van der Waals surface area contributed by atoms with E-state index in [9.17, 15) is 48.4 Å². The second-order valence-corrected chi connectivity index (χ2v) is 23.5. The largest absolute Gasteiger partial charge is 0.465 e. The van der Waals surface area contributed by atoms with Crippen LogP contribution in [0.1, 0.15) is 68.8 Å². The van der Waals surface area contributed by atoms with Crippen molar-refractivity contribution in [1.82, 2.24) is 33.2 Å². The molecule has 18 nitrogen and oxygen atoms in total. The fourth-order valence-electron chi connectivity index (χ4n) is 11.0. The van der Waals surface area contributed by atoms with E-state index < -0.39 is 86.2 Å². The third kappa shape index (κ3) is 12.1. The summed E-state index contributed by atoms with van der Waals surface area (Å²) in [5, 5.41) is 7.90. The molecule has 5 aromatic rings. The average molecular weight is 1150 g/mol. The number of pyridine rings is 1. The van der Waals surface area contributed by atoms with Crippen LogP contribution in [0.2, 0.25) is 0 Å². The first-order chi connectivity index (χ1) is 38.2. The van der Waals surface area contributed by atoms with Crippen molar-refractivity contribution in [2.24, 2.45) is 46.4 Å². The maximum atomic E-state index is 14.2. The SMILES string of the molecule is CCOC(=O)[C@]12CC(=CN)C(=Nc3ccc(F)cc3)C=C1CC[C@H](N(CCF)S(=O)(=O)c1cnn(C)c1)C2.Cn1cc(S(=O)(=O)N(CCF)[C@H]2CCC3=CC(=Nc4ccc(F)cc4)C(=CN)C[C@]3(C(=O)c3cc(F)ccn3)C2)cn1. The molecule has 2 saturated carbocycles. The number of halogens is 5. The maximum absolute atomic E-state index is 14.2. The maximum Gasteiger partial charge on any atom is 0.316 e. The van der Waals surface area contributed by atoms with Gasteiger partial charge in [-0.3, -0.25) is 23.9 Å². The molecule has 80 heavy (non-hydrogen) atoms. The van der Waals surface area contributed by atoms with Crippen molar-refractivity contribution in [3.63, 3.8) is 0 Å². The molecule has 4 atom stereocenters. The van der Waals surface area contributed by atoms with E-state index in [0.29, 0.717) is 58.8 Å². The van der Waals surface area contributed by atoms with Crippen LogP contribution >= 0.6 is 0 Å². The van der Waals surface area contributed by atoms with E-state index in [-0.39, 0.29) is 66.6 Å². The molecular formula is C55H60F5N11O7S2. The summed E-state index contributed by atoms with van der Waals surface area (Å²) in [4.78, 5) is 41.0. The average Bonchev–Trinajstić information content (AvgIpc) is 4.25. The van der Waals surface area contributed by atoms with Gasteiger partial charge in [-0.25, -0.2) is 48.8 Å². The summed E-state index contributed by atoms with van der Waals surface area (Å²) in [6.45, 7) is -0.749. The molecule has 0 spiro atoms. The molecule has 0 aliphatic heterocycles. The third-order valence-electron chi connectivity index (χ3n) is 14.8. The number of hydrogen-bond donors (Lipinski definition) is 2. The van der Waals surface area contributed by atoms with Crippen LogP contribution in [-0.4, -0.2) is 118 Å². The number of fused-ring (bicyclic) bond motifs is 2. The van der Waals surface area contributed by atoms with Crippen molar-refractivity contribution < 1.29 is 53.1 Å². The number of allylic oxidation sites excluding steroid dienone is 5. The lowest BCUT2D eigenvalue weighted by Gasteiger charge is -2.47. The lowest BCUT2D eigenvalue weighted by Crippen LogP contribution is -2.51. The van der Waals surface area contributed by atoms with E-state index in [1.165, 1.54) is 101 Å². The summed E-state index contributed by atoms with van der Waals surface area (Å²) in [6, 6.07) is 12.0. The summed E-state index contributed by atoms with van der Waals surface area (Å²) in [5.74, 6) is -2.44. The zero-order chi connectivity index (χ0) is 57.6. The summed E-state index contributed by atoms with van der Waals surface area (Å²) in [5.41, 5.74) is 13.8. The molecule has 25 heteroatoms. The Hall–Kier alpha value is -7.48. The van der Waals surface area contributed by atoms with Crippen molar-refractivity contribution in [1.29, 1.82) is 0 Å². The topological polar surface area (TPSA) is 243 Å². The van der Waals surface area contributed by atoms with Gasteiger partial charge in [0.2, 0.25) is 20.0 Å². The number of ether oxygens (including phenoxy) is 1. The molecule has 3 heterocycles. The van der Waals surface area contributed by atoms with Crippen LogP contribution in [0.4, 0.5) is 33.3 Å². The fourth-order valence-corrected chi connectivity index (χ4v) is 14.2. The molecule has 0 saturated heterocycles. The lowest BCUT2D eigenvalue weighted by molar-refractivity contribution is -0.155. The van der Waals surface area contributed by atoms with E-state index >= 15 is 0 Å². The smallest absolute Gasteiger partial charge is 0.316 e. The molecule has 2 fully saturated rings. The van der Waals surface area contributed by atoms with Crippen molar-refractivity contribution in [2.45, 2.75) is 80.2 Å². The molecule has 4 N–H and O–H groups in total. The van der Waals surface area contributed by atoms with Gasteiger partial charge in [0.15, 0.2) is 5.78 Å². The van der Waals surface area contributed by atoms with E-state index in [4.69, 9.17) is 16.2 Å². The number of rotatable bonds is 16. The molecule has 2 aromatic carbocycles. The third-order valence-corrected chi connectivity index (χ3v) is 18.6. The van der Waals surface area contributed by atoms with Gasteiger partial charge >= 0.3 is 5.97 Å². The minimum atomic E-state index is -4.17. The van der Waals surface area contributed by atoms with E-state index in [1.54, 1.807) is 33.2 Å². The monoisotopic (exact) mass is 1150 g/mol. The number of alkyl halides is 2. The highest BCUT2D eigenvalue weighted by atomic mass is 32.2. The van der Waals surface area contributed by atoms with Crippen LogP contribution in [0.3, 0.4) is 0 Å². The second kappa shape index (κ2) is 24.5. The Morgan fingerprint density at radius 2 is 1.16 bits per heavy atom. The minimum Gasteiger partial charge on any atom is -0.465 e. The first-order valence-electron chi connectivity index (χ1n) is 25.6. The molecule has 424 valence electrons. The number of aliphatic imine (C=N–C) groups is 2. The van der Waals surface area contributed by atoms with Gasteiger partial charge in [-0.1, -0.05) is 11.1 Å². The Morgan fingerprint density at radius 3 is 1.57 bits per heavy atom. The number of carbonyl (C=O) groups excluding carboxylic acids is 2.